The number of aryl methyl sites for hydroxylation is 1. The molecule has 1 saturated carbocycles. The van der Waals surface area contributed by atoms with Crippen molar-refractivity contribution in [1.82, 2.24) is 34.0 Å². The first-order valence-corrected chi connectivity index (χ1v) is 17.5. The maximum atomic E-state index is 14.1. The number of amides is 1. The summed E-state index contributed by atoms with van der Waals surface area (Å²) in [7, 11) is -3.73. The second-order valence-corrected chi connectivity index (χ2v) is 15.0. The molecule has 1 aliphatic carbocycles. The van der Waals surface area contributed by atoms with Crippen LogP contribution in [0.25, 0.3) is 0 Å². The van der Waals surface area contributed by atoms with E-state index in [0.29, 0.717) is 35.8 Å². The predicted octanol–water partition coefficient (Wildman–Crippen LogP) is 4.38. The molecule has 0 spiro atoms. The van der Waals surface area contributed by atoms with Crippen molar-refractivity contribution in [1.29, 1.82) is 0 Å². The van der Waals surface area contributed by atoms with E-state index in [9.17, 15) is 17.6 Å². The second-order valence-electron chi connectivity index (χ2n) is 13.1. The van der Waals surface area contributed by atoms with Crippen molar-refractivity contribution < 1.29 is 17.6 Å². The van der Waals surface area contributed by atoms with Gasteiger partial charge in [0, 0.05) is 44.3 Å². The molecule has 4 heterocycles. The molecule has 0 atom stereocenters. The van der Waals surface area contributed by atoms with Crippen molar-refractivity contribution in [3.63, 3.8) is 0 Å². The second kappa shape index (κ2) is 11.1. The molecular weight excluding hydrogens is 605 g/mol. The molecule has 10 nitrogen and oxygen atoms in total. The molecule has 12 heteroatoms. The zero-order valence-electron chi connectivity index (χ0n) is 27.1. The van der Waals surface area contributed by atoms with Gasteiger partial charge in [-0.25, -0.2) is 17.5 Å². The van der Waals surface area contributed by atoms with E-state index in [1.54, 1.807) is 9.58 Å². The van der Waals surface area contributed by atoms with Gasteiger partial charge in [-0.2, -0.15) is 9.40 Å². The van der Waals surface area contributed by atoms with Crippen molar-refractivity contribution in [3.8, 4) is 0 Å². The zero-order valence-corrected chi connectivity index (χ0v) is 27.9. The quantitative estimate of drug-likeness (QED) is 0.296. The van der Waals surface area contributed by atoms with Crippen LogP contribution >= 0.6 is 0 Å². The van der Waals surface area contributed by atoms with Crippen LogP contribution in [0.1, 0.15) is 80.1 Å². The summed E-state index contributed by atoms with van der Waals surface area (Å²) in [5.74, 6) is -0.382. The molecule has 1 amide bonds. The third-order valence-corrected chi connectivity index (χ3v) is 12.8. The molecule has 3 aliphatic rings. The Labute approximate surface area is 269 Å². The van der Waals surface area contributed by atoms with E-state index in [-0.39, 0.29) is 30.2 Å². The van der Waals surface area contributed by atoms with Crippen LogP contribution in [0.5, 0.6) is 0 Å². The SMILES string of the molecule is Cc1c(C)c(C)c(S(=O)(=O)N2CCN(C(=O)c3c(Cn4cc(C5(c6ccc(F)cc6)CC5)nn4)nn4c3CCC4)CC2)c(C)c1C. The van der Waals surface area contributed by atoms with Gasteiger partial charge in [-0.1, -0.05) is 17.3 Å². The van der Waals surface area contributed by atoms with Crippen LogP contribution in [-0.2, 0) is 34.9 Å². The minimum absolute atomic E-state index is 0.116. The van der Waals surface area contributed by atoms with Crippen LogP contribution < -0.4 is 0 Å². The number of benzene rings is 2. The van der Waals surface area contributed by atoms with E-state index in [0.717, 1.165) is 77.0 Å². The molecule has 2 aromatic carbocycles. The van der Waals surface area contributed by atoms with E-state index in [2.05, 4.69) is 10.3 Å². The molecule has 46 heavy (non-hydrogen) atoms. The van der Waals surface area contributed by atoms with Gasteiger partial charge in [-0.3, -0.25) is 9.48 Å². The number of halogens is 1. The summed E-state index contributed by atoms with van der Waals surface area (Å²) in [5.41, 5.74) is 8.48. The van der Waals surface area contributed by atoms with Crippen LogP contribution in [0.15, 0.2) is 35.4 Å². The Morgan fingerprint density at radius 1 is 0.891 bits per heavy atom. The Hall–Kier alpha value is -3.90. The highest BCUT2D eigenvalue weighted by Crippen LogP contribution is 2.52. The van der Waals surface area contributed by atoms with Crippen LogP contribution in [0.3, 0.4) is 0 Å². The van der Waals surface area contributed by atoms with E-state index in [1.807, 2.05) is 57.6 Å². The largest absolute Gasteiger partial charge is 0.336 e. The smallest absolute Gasteiger partial charge is 0.257 e. The van der Waals surface area contributed by atoms with Gasteiger partial charge in [0.15, 0.2) is 0 Å². The van der Waals surface area contributed by atoms with Gasteiger partial charge in [0.05, 0.1) is 34.1 Å². The molecule has 2 aromatic heterocycles. The first kappa shape index (κ1) is 30.7. The number of hydrogen-bond acceptors (Lipinski definition) is 6. The number of sulfonamides is 1. The monoisotopic (exact) mass is 645 g/mol. The molecular formula is C34H40FN7O3S. The lowest BCUT2D eigenvalue weighted by molar-refractivity contribution is 0.0695. The van der Waals surface area contributed by atoms with Crippen LogP contribution in [-0.4, -0.2) is 74.5 Å². The standard InChI is InChI=1S/C34H40FN7O3S/c1-21-22(2)24(4)32(25(5)23(21)3)46(44,45)41-17-15-39(16-18-41)33(43)31-28(37-42-14-6-7-29(31)42)19-40-20-30(36-38-40)34(12-13-34)26-8-10-27(35)11-9-26/h8-11,20H,6-7,12-19H2,1-5H3. The Kier molecular flexibility index (Phi) is 7.43. The molecule has 1 saturated heterocycles. The van der Waals surface area contributed by atoms with E-state index in [1.165, 1.54) is 16.4 Å². The minimum Gasteiger partial charge on any atom is -0.336 e. The molecule has 7 rings (SSSR count). The highest BCUT2D eigenvalue weighted by atomic mass is 32.2. The molecule has 2 fully saturated rings. The molecule has 0 unspecified atom stereocenters. The van der Waals surface area contributed by atoms with Crippen molar-refractivity contribution in [3.05, 3.63) is 92.3 Å². The first-order valence-electron chi connectivity index (χ1n) is 16.0. The number of aromatic nitrogens is 5. The number of rotatable bonds is 7. The fraction of sp³-hybridized carbons (Fsp3) is 0.471. The maximum absolute atomic E-state index is 14.1. The first-order chi connectivity index (χ1) is 21.9. The topological polar surface area (TPSA) is 106 Å². The lowest BCUT2D eigenvalue weighted by atomic mass is 9.93. The van der Waals surface area contributed by atoms with Crippen LogP contribution in [0.4, 0.5) is 4.39 Å². The molecule has 242 valence electrons. The highest BCUT2D eigenvalue weighted by Gasteiger charge is 2.48. The summed E-state index contributed by atoms with van der Waals surface area (Å²) in [6.07, 6.45) is 5.45. The maximum Gasteiger partial charge on any atom is 0.257 e. The lowest BCUT2D eigenvalue weighted by Gasteiger charge is -2.35. The number of piperazine rings is 1. The van der Waals surface area contributed by atoms with Gasteiger partial charge in [-0.05, 0) is 106 Å². The molecule has 0 radical (unpaired) electrons. The summed E-state index contributed by atoms with van der Waals surface area (Å²) in [4.78, 5) is 16.3. The van der Waals surface area contributed by atoms with Crippen molar-refractivity contribution in [2.45, 2.75) is 83.7 Å². The summed E-state index contributed by atoms with van der Waals surface area (Å²) < 4.78 is 46.6. The fourth-order valence-corrected chi connectivity index (χ4v) is 9.33. The summed E-state index contributed by atoms with van der Waals surface area (Å²) in [5, 5.41) is 13.7. The van der Waals surface area contributed by atoms with E-state index >= 15 is 0 Å². The number of hydrogen-bond donors (Lipinski definition) is 0. The third kappa shape index (κ3) is 4.88. The van der Waals surface area contributed by atoms with Crippen molar-refractivity contribution >= 4 is 15.9 Å². The number of nitrogens with zero attached hydrogens (tertiary/aromatic N) is 7. The number of fused-ring (bicyclic) bond motifs is 1. The zero-order chi connectivity index (χ0) is 32.5. The van der Waals surface area contributed by atoms with Crippen molar-refractivity contribution in [2.75, 3.05) is 26.2 Å². The van der Waals surface area contributed by atoms with E-state index < -0.39 is 10.0 Å². The third-order valence-electron chi connectivity index (χ3n) is 10.7. The van der Waals surface area contributed by atoms with Crippen LogP contribution in [0, 0.1) is 40.4 Å². The Morgan fingerprint density at radius 3 is 2.15 bits per heavy atom. The normalized spacial score (nSPS) is 17.8. The van der Waals surface area contributed by atoms with Gasteiger partial charge in [0.2, 0.25) is 10.0 Å². The average Bonchev–Trinajstić information content (AvgIpc) is 3.32. The average molecular weight is 646 g/mol. The summed E-state index contributed by atoms with van der Waals surface area (Å²) in [6, 6.07) is 6.58. The fourth-order valence-electron chi connectivity index (χ4n) is 7.35. The predicted molar refractivity (Wildman–Crippen MR) is 171 cm³/mol. The van der Waals surface area contributed by atoms with Gasteiger partial charge >= 0.3 is 0 Å². The van der Waals surface area contributed by atoms with Crippen molar-refractivity contribution in [2.24, 2.45) is 0 Å². The Bertz CT molecular complexity index is 1940. The minimum atomic E-state index is -3.73. The van der Waals surface area contributed by atoms with Gasteiger partial charge in [0.25, 0.3) is 5.91 Å². The molecule has 0 N–H and O–H groups in total. The number of carbonyl (C=O) groups is 1. The Morgan fingerprint density at radius 2 is 1.52 bits per heavy atom. The van der Waals surface area contributed by atoms with Gasteiger partial charge < -0.3 is 4.90 Å². The van der Waals surface area contributed by atoms with Gasteiger partial charge in [-0.15, -0.1) is 5.10 Å². The van der Waals surface area contributed by atoms with E-state index in [4.69, 9.17) is 5.10 Å². The molecule has 2 aliphatic heterocycles. The molecule has 0 bridgehead atoms. The van der Waals surface area contributed by atoms with Gasteiger partial charge in [0.1, 0.15) is 5.82 Å². The summed E-state index contributed by atoms with van der Waals surface area (Å²) in [6.45, 7) is 11.9. The summed E-state index contributed by atoms with van der Waals surface area (Å²) >= 11 is 0. The highest BCUT2D eigenvalue weighted by molar-refractivity contribution is 7.89. The van der Waals surface area contributed by atoms with Crippen LogP contribution in [0.2, 0.25) is 0 Å². The molecule has 4 aromatic rings. The number of carbonyl (C=O) groups excluding carboxylic acids is 1. The Balaban J connectivity index is 1.10. The lowest BCUT2D eigenvalue weighted by Crippen LogP contribution is -2.51.